The summed E-state index contributed by atoms with van der Waals surface area (Å²) in [5, 5.41) is 12.5. The molecule has 2 heterocycles. The highest BCUT2D eigenvalue weighted by Gasteiger charge is 2.35. The molecule has 7 nitrogen and oxygen atoms in total. The lowest BCUT2D eigenvalue weighted by atomic mass is 9.84. The summed E-state index contributed by atoms with van der Waals surface area (Å²) in [7, 11) is 3.18. The summed E-state index contributed by atoms with van der Waals surface area (Å²) in [5.41, 5.74) is 1.25. The van der Waals surface area contributed by atoms with Crippen molar-refractivity contribution in [2.75, 3.05) is 7.11 Å². The first-order valence-electron chi connectivity index (χ1n) is 10.8. The summed E-state index contributed by atoms with van der Waals surface area (Å²) in [5.74, 6) is -1.35. The van der Waals surface area contributed by atoms with E-state index in [0.29, 0.717) is 27.4 Å². The van der Waals surface area contributed by atoms with Gasteiger partial charge in [-0.25, -0.2) is 0 Å². The fraction of sp³-hybridized carbons (Fsp3) is 0.148. The van der Waals surface area contributed by atoms with E-state index in [0.717, 1.165) is 5.39 Å². The third kappa shape index (κ3) is 3.84. The molecule has 8 heteroatoms. The van der Waals surface area contributed by atoms with E-state index in [1.165, 1.54) is 16.7 Å². The Labute approximate surface area is 205 Å². The van der Waals surface area contributed by atoms with Crippen molar-refractivity contribution >= 4 is 34.3 Å². The summed E-state index contributed by atoms with van der Waals surface area (Å²) in [6.07, 6.45) is -0.157. The molecule has 176 valence electrons. The maximum atomic E-state index is 13.4. The first-order valence-corrected chi connectivity index (χ1v) is 11.2. The lowest BCUT2D eigenvalue weighted by molar-refractivity contribution is -0.135. The maximum absolute atomic E-state index is 13.4. The van der Waals surface area contributed by atoms with Crippen molar-refractivity contribution in [3.63, 3.8) is 0 Å². The quantitative estimate of drug-likeness (QED) is 0.256. The van der Waals surface area contributed by atoms with Gasteiger partial charge in [0.15, 0.2) is 5.78 Å². The zero-order chi connectivity index (χ0) is 24.9. The van der Waals surface area contributed by atoms with Crippen molar-refractivity contribution in [3.8, 4) is 17.2 Å². The van der Waals surface area contributed by atoms with E-state index < -0.39 is 17.7 Å². The molecular weight excluding hydrogens is 470 g/mol. The molecule has 35 heavy (non-hydrogen) atoms. The Kier molecular flexibility index (Phi) is 5.57. The molecule has 1 N–H and O–H groups in total. The number of phenolic OH excluding ortho intramolecular Hbond substituents is 1. The molecule has 0 saturated heterocycles. The molecule has 3 aromatic carbocycles. The summed E-state index contributed by atoms with van der Waals surface area (Å²) >= 11 is 5.93. The van der Waals surface area contributed by atoms with Crippen LogP contribution < -0.4 is 15.0 Å². The van der Waals surface area contributed by atoms with Crippen molar-refractivity contribution in [1.82, 2.24) is 4.57 Å². The fourth-order valence-electron chi connectivity index (χ4n) is 4.50. The van der Waals surface area contributed by atoms with Crippen LogP contribution in [0.2, 0.25) is 5.02 Å². The molecule has 1 aliphatic rings. The van der Waals surface area contributed by atoms with Gasteiger partial charge in [0.1, 0.15) is 17.2 Å². The maximum Gasteiger partial charge on any atom is 0.312 e. The third-order valence-electron chi connectivity index (χ3n) is 6.31. The van der Waals surface area contributed by atoms with Gasteiger partial charge in [0.05, 0.1) is 24.6 Å². The molecule has 0 fully saturated rings. The molecule has 1 unspecified atom stereocenters. The zero-order valence-corrected chi connectivity index (χ0v) is 19.6. The van der Waals surface area contributed by atoms with Crippen molar-refractivity contribution in [2.24, 2.45) is 7.05 Å². The highest BCUT2D eigenvalue weighted by molar-refractivity contribution is 6.30. The number of methoxy groups -OCH3 is 1. The number of rotatable bonds is 4. The van der Waals surface area contributed by atoms with Crippen LogP contribution in [-0.4, -0.2) is 28.5 Å². The first kappa shape index (κ1) is 22.7. The lowest BCUT2D eigenvalue weighted by Crippen LogP contribution is -2.29. The molecule has 0 radical (unpaired) electrons. The minimum atomic E-state index is -0.797. The number of aryl methyl sites for hydroxylation is 1. The second-order valence-electron chi connectivity index (χ2n) is 8.33. The predicted octanol–water partition coefficient (Wildman–Crippen LogP) is 4.58. The average molecular weight is 490 g/mol. The Bertz CT molecular complexity index is 1570. The van der Waals surface area contributed by atoms with E-state index in [-0.39, 0.29) is 34.6 Å². The Morgan fingerprint density at radius 2 is 1.83 bits per heavy atom. The van der Waals surface area contributed by atoms with Crippen LogP contribution in [0, 0.1) is 0 Å². The molecule has 0 saturated carbocycles. The van der Waals surface area contributed by atoms with Gasteiger partial charge >= 0.3 is 5.97 Å². The second kappa shape index (κ2) is 8.60. The summed E-state index contributed by atoms with van der Waals surface area (Å²) in [6.45, 7) is 0. The standard InChI is InChI=1S/C27H20ClNO6/c1-29-21-12-17(34-2)8-5-15(21)11-20(27(29)33)19-13-23(30)35-22-10-9-18(26(32)24(19)22)25(31)14-3-6-16(28)7-4-14/h3-12,19,32H,13H2,1-2H3. The summed E-state index contributed by atoms with van der Waals surface area (Å²) in [4.78, 5) is 39.0. The van der Waals surface area contributed by atoms with E-state index >= 15 is 0 Å². The van der Waals surface area contributed by atoms with Crippen molar-refractivity contribution in [1.29, 1.82) is 0 Å². The van der Waals surface area contributed by atoms with E-state index in [2.05, 4.69) is 0 Å². The van der Waals surface area contributed by atoms with Crippen LogP contribution in [-0.2, 0) is 11.8 Å². The van der Waals surface area contributed by atoms with Crippen molar-refractivity contribution in [3.05, 3.63) is 98.3 Å². The second-order valence-corrected chi connectivity index (χ2v) is 8.77. The molecule has 0 amide bonds. The Morgan fingerprint density at radius 3 is 2.54 bits per heavy atom. The first-order chi connectivity index (χ1) is 16.8. The molecule has 0 spiro atoms. The number of fused-ring (bicyclic) bond motifs is 2. The predicted molar refractivity (Wildman–Crippen MR) is 131 cm³/mol. The monoisotopic (exact) mass is 489 g/mol. The molecule has 5 rings (SSSR count). The number of nitrogens with zero attached hydrogens (tertiary/aromatic N) is 1. The molecule has 4 aromatic rings. The number of carbonyl (C=O) groups is 2. The molecule has 1 aliphatic heterocycles. The number of aromatic hydroxyl groups is 1. The smallest absolute Gasteiger partial charge is 0.312 e. The van der Waals surface area contributed by atoms with Crippen LogP contribution in [0.25, 0.3) is 10.9 Å². The molecule has 1 aromatic heterocycles. The van der Waals surface area contributed by atoms with Crippen LogP contribution in [0.3, 0.4) is 0 Å². The number of phenols is 1. The highest BCUT2D eigenvalue weighted by atomic mass is 35.5. The molecule has 0 bridgehead atoms. The van der Waals surface area contributed by atoms with Gasteiger partial charge in [-0.2, -0.15) is 0 Å². The number of carbonyl (C=O) groups excluding carboxylic acids is 2. The van der Waals surface area contributed by atoms with Gasteiger partial charge in [0, 0.05) is 40.7 Å². The third-order valence-corrected chi connectivity index (χ3v) is 6.56. The van der Waals surface area contributed by atoms with E-state index in [9.17, 15) is 19.5 Å². The van der Waals surface area contributed by atoms with Crippen LogP contribution >= 0.6 is 11.6 Å². The number of hydrogen-bond donors (Lipinski definition) is 1. The number of pyridine rings is 1. The normalized spacial score (nSPS) is 14.9. The van der Waals surface area contributed by atoms with Gasteiger partial charge in [0.25, 0.3) is 5.56 Å². The number of ether oxygens (including phenoxy) is 2. The van der Waals surface area contributed by atoms with E-state index in [4.69, 9.17) is 21.1 Å². The average Bonchev–Trinajstić information content (AvgIpc) is 2.85. The SMILES string of the molecule is COc1ccc2cc(C3CC(=O)Oc4ccc(C(=O)c5ccc(Cl)cc5)c(O)c43)c(=O)n(C)c2c1. The number of hydrogen-bond acceptors (Lipinski definition) is 6. The summed E-state index contributed by atoms with van der Waals surface area (Å²) < 4.78 is 12.1. The van der Waals surface area contributed by atoms with Crippen LogP contribution in [0.15, 0.2) is 65.5 Å². The highest BCUT2D eigenvalue weighted by Crippen LogP contribution is 2.45. The fourth-order valence-corrected chi connectivity index (χ4v) is 4.62. The van der Waals surface area contributed by atoms with Crippen LogP contribution in [0.4, 0.5) is 0 Å². The Hall–Kier alpha value is -4.10. The Balaban J connectivity index is 1.68. The van der Waals surface area contributed by atoms with Crippen LogP contribution in [0.5, 0.6) is 17.2 Å². The molecular formula is C27H20ClNO6. The number of benzene rings is 3. The van der Waals surface area contributed by atoms with Crippen molar-refractivity contribution in [2.45, 2.75) is 12.3 Å². The van der Waals surface area contributed by atoms with Gasteiger partial charge < -0.3 is 19.1 Å². The summed E-state index contributed by atoms with van der Waals surface area (Å²) in [6, 6.07) is 16.2. The number of halogens is 1. The minimum Gasteiger partial charge on any atom is -0.507 e. The van der Waals surface area contributed by atoms with Gasteiger partial charge in [-0.1, -0.05) is 11.6 Å². The molecule has 1 atom stereocenters. The van der Waals surface area contributed by atoms with Gasteiger partial charge in [-0.3, -0.25) is 14.4 Å². The molecule has 0 aliphatic carbocycles. The largest absolute Gasteiger partial charge is 0.507 e. The number of ketones is 1. The zero-order valence-electron chi connectivity index (χ0n) is 18.9. The van der Waals surface area contributed by atoms with E-state index in [1.807, 2.05) is 6.07 Å². The minimum absolute atomic E-state index is 0.0383. The number of aromatic nitrogens is 1. The van der Waals surface area contributed by atoms with Gasteiger partial charge in [-0.15, -0.1) is 0 Å². The number of esters is 1. The van der Waals surface area contributed by atoms with Crippen LogP contribution in [0.1, 0.15) is 39.4 Å². The van der Waals surface area contributed by atoms with Crippen molar-refractivity contribution < 1.29 is 24.2 Å². The Morgan fingerprint density at radius 1 is 1.09 bits per heavy atom. The van der Waals surface area contributed by atoms with E-state index in [1.54, 1.807) is 56.6 Å². The van der Waals surface area contributed by atoms with Gasteiger partial charge in [-0.05, 0) is 60.0 Å². The topological polar surface area (TPSA) is 94.8 Å². The lowest BCUT2D eigenvalue weighted by Gasteiger charge is -2.26. The van der Waals surface area contributed by atoms with Gasteiger partial charge in [0.2, 0.25) is 0 Å².